The monoisotopic (exact) mass is 336 g/mol. The average molecular weight is 336 g/mol. The SMILES string of the molecule is COC(=O)c1ccc(OS(=O)(=O)c2cc(C)c(O)c(C)c2)cc1. The normalized spacial score (nSPS) is 11.1. The van der Waals surface area contributed by atoms with Gasteiger partial charge >= 0.3 is 16.1 Å². The van der Waals surface area contributed by atoms with Crippen molar-refractivity contribution in [3.05, 3.63) is 53.1 Å². The van der Waals surface area contributed by atoms with Crippen molar-refractivity contribution in [2.75, 3.05) is 7.11 Å². The predicted molar refractivity (Wildman–Crippen MR) is 83.2 cm³/mol. The summed E-state index contributed by atoms with van der Waals surface area (Å²) in [6.07, 6.45) is 0. The number of hydrogen-bond donors (Lipinski definition) is 1. The molecule has 23 heavy (non-hydrogen) atoms. The third-order valence-electron chi connectivity index (χ3n) is 3.23. The highest BCUT2D eigenvalue weighted by Crippen LogP contribution is 2.27. The second-order valence-corrected chi connectivity index (χ2v) is 6.51. The molecule has 0 spiro atoms. The van der Waals surface area contributed by atoms with Crippen LogP contribution < -0.4 is 4.18 Å². The zero-order valence-electron chi connectivity index (χ0n) is 12.9. The molecule has 7 heteroatoms. The Hall–Kier alpha value is -2.54. The second-order valence-electron chi connectivity index (χ2n) is 4.96. The van der Waals surface area contributed by atoms with E-state index in [1.165, 1.54) is 43.5 Å². The van der Waals surface area contributed by atoms with Crippen LogP contribution in [0.3, 0.4) is 0 Å². The second kappa shape index (κ2) is 6.29. The van der Waals surface area contributed by atoms with Crippen molar-refractivity contribution in [3.8, 4) is 11.5 Å². The number of carbonyl (C=O) groups excluding carboxylic acids is 1. The fourth-order valence-electron chi connectivity index (χ4n) is 2.00. The molecule has 0 atom stereocenters. The van der Waals surface area contributed by atoms with Gasteiger partial charge in [0.25, 0.3) is 0 Å². The summed E-state index contributed by atoms with van der Waals surface area (Å²) in [5.41, 5.74) is 1.16. The summed E-state index contributed by atoms with van der Waals surface area (Å²) in [7, 11) is -2.78. The summed E-state index contributed by atoms with van der Waals surface area (Å²) in [4.78, 5) is 11.3. The zero-order chi connectivity index (χ0) is 17.2. The first kappa shape index (κ1) is 16.8. The van der Waals surface area contributed by atoms with Gasteiger partial charge in [0, 0.05) is 0 Å². The molecule has 0 unspecified atom stereocenters. The summed E-state index contributed by atoms with van der Waals surface area (Å²) in [5, 5.41) is 9.71. The molecule has 1 N–H and O–H groups in total. The van der Waals surface area contributed by atoms with Crippen molar-refractivity contribution in [2.45, 2.75) is 18.7 Å². The summed E-state index contributed by atoms with van der Waals surface area (Å²) >= 11 is 0. The quantitative estimate of drug-likeness (QED) is 0.682. The third-order valence-corrected chi connectivity index (χ3v) is 4.46. The van der Waals surface area contributed by atoms with Gasteiger partial charge in [-0.3, -0.25) is 0 Å². The van der Waals surface area contributed by atoms with E-state index in [1.807, 2.05) is 0 Å². The minimum absolute atomic E-state index is 0.0476. The topological polar surface area (TPSA) is 89.9 Å². The maximum absolute atomic E-state index is 12.3. The van der Waals surface area contributed by atoms with Crippen LogP contribution in [-0.4, -0.2) is 26.6 Å². The molecule has 0 heterocycles. The van der Waals surface area contributed by atoms with Gasteiger partial charge in [0.15, 0.2) is 0 Å². The Morgan fingerprint density at radius 2 is 1.57 bits per heavy atom. The lowest BCUT2D eigenvalue weighted by Crippen LogP contribution is -2.10. The van der Waals surface area contributed by atoms with E-state index < -0.39 is 16.1 Å². The van der Waals surface area contributed by atoms with E-state index in [-0.39, 0.29) is 22.0 Å². The van der Waals surface area contributed by atoms with Gasteiger partial charge in [0.2, 0.25) is 0 Å². The van der Waals surface area contributed by atoms with Crippen LogP contribution in [0.25, 0.3) is 0 Å². The Morgan fingerprint density at radius 3 is 2.04 bits per heavy atom. The number of ether oxygens (including phenoxy) is 1. The highest BCUT2D eigenvalue weighted by Gasteiger charge is 2.19. The molecule has 6 nitrogen and oxygen atoms in total. The first-order valence-electron chi connectivity index (χ1n) is 6.67. The van der Waals surface area contributed by atoms with Crippen molar-refractivity contribution in [1.29, 1.82) is 0 Å². The summed E-state index contributed by atoms with van der Waals surface area (Å²) in [5.74, 6) is -0.406. The molecule has 0 amide bonds. The molecule has 0 aliphatic rings. The zero-order valence-corrected chi connectivity index (χ0v) is 13.7. The number of rotatable bonds is 4. The lowest BCUT2D eigenvalue weighted by molar-refractivity contribution is 0.0600. The van der Waals surface area contributed by atoms with Crippen molar-refractivity contribution in [1.82, 2.24) is 0 Å². The van der Waals surface area contributed by atoms with Gasteiger partial charge in [0.05, 0.1) is 12.7 Å². The molecule has 0 fully saturated rings. The van der Waals surface area contributed by atoms with Crippen LogP contribution in [0, 0.1) is 13.8 Å². The van der Waals surface area contributed by atoms with Gasteiger partial charge in [-0.15, -0.1) is 0 Å². The highest BCUT2D eigenvalue weighted by molar-refractivity contribution is 7.87. The Bertz CT molecular complexity index is 814. The molecule has 0 radical (unpaired) electrons. The molecule has 2 aromatic carbocycles. The maximum Gasteiger partial charge on any atom is 0.339 e. The molecule has 122 valence electrons. The average Bonchev–Trinajstić information content (AvgIpc) is 2.51. The first-order chi connectivity index (χ1) is 10.7. The number of aryl methyl sites for hydroxylation is 2. The molecule has 0 aromatic heterocycles. The molecule has 0 saturated heterocycles. The minimum Gasteiger partial charge on any atom is -0.507 e. The van der Waals surface area contributed by atoms with Crippen LogP contribution in [0.4, 0.5) is 0 Å². The lowest BCUT2D eigenvalue weighted by atomic mass is 10.1. The summed E-state index contributed by atoms with van der Waals surface area (Å²) < 4.78 is 34.2. The molecule has 2 aromatic rings. The van der Waals surface area contributed by atoms with Gasteiger partial charge in [-0.2, -0.15) is 8.42 Å². The number of aromatic hydroxyl groups is 1. The summed E-state index contributed by atoms with van der Waals surface area (Å²) in [6, 6.07) is 8.21. The van der Waals surface area contributed by atoms with Gasteiger partial charge in [-0.25, -0.2) is 4.79 Å². The van der Waals surface area contributed by atoms with E-state index in [0.717, 1.165) is 0 Å². The Balaban J connectivity index is 2.30. The Morgan fingerprint density at radius 1 is 1.04 bits per heavy atom. The number of methoxy groups -OCH3 is 1. The fraction of sp³-hybridized carbons (Fsp3) is 0.188. The van der Waals surface area contributed by atoms with E-state index in [2.05, 4.69) is 4.74 Å². The van der Waals surface area contributed by atoms with Crippen molar-refractivity contribution in [3.63, 3.8) is 0 Å². The predicted octanol–water partition coefficient (Wildman–Crippen LogP) is 2.56. The lowest BCUT2D eigenvalue weighted by Gasteiger charge is -2.10. The molecule has 0 aliphatic heterocycles. The van der Waals surface area contributed by atoms with Crippen molar-refractivity contribution >= 4 is 16.1 Å². The maximum atomic E-state index is 12.3. The van der Waals surface area contributed by atoms with Crippen LogP contribution in [0.15, 0.2) is 41.3 Å². The van der Waals surface area contributed by atoms with Gasteiger partial charge in [-0.05, 0) is 61.4 Å². The van der Waals surface area contributed by atoms with Gasteiger partial charge < -0.3 is 14.0 Å². The number of carbonyl (C=O) groups is 1. The Kier molecular flexibility index (Phi) is 4.60. The van der Waals surface area contributed by atoms with Crippen LogP contribution in [0.2, 0.25) is 0 Å². The highest BCUT2D eigenvalue weighted by atomic mass is 32.2. The summed E-state index contributed by atoms with van der Waals surface area (Å²) in [6.45, 7) is 3.21. The van der Waals surface area contributed by atoms with Crippen LogP contribution in [-0.2, 0) is 14.9 Å². The molecule has 0 saturated carbocycles. The third kappa shape index (κ3) is 3.62. The molecule has 2 rings (SSSR count). The fourth-order valence-corrected chi connectivity index (χ4v) is 3.10. The Labute approximate surface area is 134 Å². The van der Waals surface area contributed by atoms with E-state index in [1.54, 1.807) is 13.8 Å². The molecular formula is C16H16O6S. The number of hydrogen-bond acceptors (Lipinski definition) is 6. The number of esters is 1. The number of phenolic OH excluding ortho intramolecular Hbond substituents is 1. The van der Waals surface area contributed by atoms with Crippen LogP contribution >= 0.6 is 0 Å². The van der Waals surface area contributed by atoms with Crippen LogP contribution in [0.1, 0.15) is 21.5 Å². The minimum atomic E-state index is -4.04. The molecule has 0 aliphatic carbocycles. The van der Waals surface area contributed by atoms with Crippen molar-refractivity contribution in [2.24, 2.45) is 0 Å². The molecule has 0 bridgehead atoms. The number of phenols is 1. The largest absolute Gasteiger partial charge is 0.507 e. The van der Waals surface area contributed by atoms with E-state index in [9.17, 15) is 18.3 Å². The van der Waals surface area contributed by atoms with Crippen molar-refractivity contribution < 1.29 is 27.2 Å². The standard InChI is InChI=1S/C16H16O6S/c1-10-8-14(9-11(2)15(10)17)23(19,20)22-13-6-4-12(5-7-13)16(18)21-3/h4-9,17H,1-3H3. The van der Waals surface area contributed by atoms with E-state index >= 15 is 0 Å². The number of benzene rings is 2. The smallest absolute Gasteiger partial charge is 0.339 e. The van der Waals surface area contributed by atoms with Gasteiger partial charge in [0.1, 0.15) is 16.4 Å². The molecular weight excluding hydrogens is 320 g/mol. The van der Waals surface area contributed by atoms with E-state index in [0.29, 0.717) is 11.1 Å². The van der Waals surface area contributed by atoms with Gasteiger partial charge in [-0.1, -0.05) is 0 Å². The first-order valence-corrected chi connectivity index (χ1v) is 8.08. The van der Waals surface area contributed by atoms with Crippen LogP contribution in [0.5, 0.6) is 11.5 Å². The van der Waals surface area contributed by atoms with E-state index in [4.69, 9.17) is 4.18 Å².